The van der Waals surface area contributed by atoms with Gasteiger partial charge in [-0.05, 0) is 6.07 Å². The Labute approximate surface area is 162 Å². The number of pyridine rings is 1. The van der Waals surface area contributed by atoms with E-state index in [1.807, 2.05) is 6.07 Å². The highest BCUT2D eigenvalue weighted by Crippen LogP contribution is 2.32. The number of anilines is 1. The molecule has 0 aliphatic heterocycles. The fourth-order valence-electron chi connectivity index (χ4n) is 2.26. The molecule has 8 nitrogen and oxygen atoms in total. The first-order valence-electron chi connectivity index (χ1n) is 7.78. The molecule has 0 fully saturated rings. The Hall–Kier alpha value is -3.13. The van der Waals surface area contributed by atoms with Gasteiger partial charge in [-0.25, -0.2) is 4.98 Å². The van der Waals surface area contributed by atoms with Gasteiger partial charge in [0.15, 0.2) is 0 Å². The van der Waals surface area contributed by atoms with Crippen molar-refractivity contribution in [3.05, 3.63) is 50.8 Å². The van der Waals surface area contributed by atoms with Gasteiger partial charge in [0, 0.05) is 37.6 Å². The highest BCUT2D eigenvalue weighted by molar-refractivity contribution is 6.32. The van der Waals surface area contributed by atoms with E-state index in [9.17, 15) is 23.2 Å². The summed E-state index contributed by atoms with van der Waals surface area (Å²) < 4.78 is 39.5. The molecule has 0 aliphatic rings. The Balaban J connectivity index is 2.16. The summed E-state index contributed by atoms with van der Waals surface area (Å²) in [5.41, 5.74) is -1.38. The van der Waals surface area contributed by atoms with Crippen molar-refractivity contribution in [2.45, 2.75) is 19.1 Å². The first kappa shape index (κ1) is 21.2. The minimum absolute atomic E-state index is 0.0756. The van der Waals surface area contributed by atoms with Gasteiger partial charge in [-0.15, -0.1) is 0 Å². The molecule has 28 heavy (non-hydrogen) atoms. The third-order valence-corrected chi connectivity index (χ3v) is 3.84. The highest BCUT2D eigenvalue weighted by Gasteiger charge is 2.31. The Bertz CT molecular complexity index is 968. The summed E-state index contributed by atoms with van der Waals surface area (Å²) in [6.07, 6.45) is -1.07. The lowest BCUT2D eigenvalue weighted by molar-refractivity contribution is -0.137. The molecule has 0 atom stereocenters. The lowest BCUT2D eigenvalue weighted by Crippen LogP contribution is -2.23. The van der Waals surface area contributed by atoms with Crippen molar-refractivity contribution in [3.63, 3.8) is 0 Å². The van der Waals surface area contributed by atoms with Crippen molar-refractivity contribution in [2.75, 3.05) is 19.0 Å². The van der Waals surface area contributed by atoms with E-state index in [0.717, 1.165) is 6.07 Å². The predicted octanol–water partition coefficient (Wildman–Crippen LogP) is 2.47. The van der Waals surface area contributed by atoms with E-state index in [1.165, 1.54) is 19.7 Å². The molecule has 0 saturated carbocycles. The third kappa shape index (κ3) is 5.20. The summed E-state index contributed by atoms with van der Waals surface area (Å²) in [4.78, 5) is 23.6. The van der Waals surface area contributed by atoms with Crippen LogP contribution in [0.5, 0.6) is 0 Å². The zero-order valence-electron chi connectivity index (χ0n) is 14.5. The van der Waals surface area contributed by atoms with Crippen molar-refractivity contribution in [1.29, 1.82) is 5.26 Å². The smallest absolute Gasteiger partial charge is 0.399 e. The number of hydrogen-bond acceptors (Lipinski definition) is 7. The maximum absolute atomic E-state index is 12.6. The van der Waals surface area contributed by atoms with Gasteiger partial charge in [0.2, 0.25) is 0 Å². The molecule has 2 rings (SSSR count). The zero-order valence-corrected chi connectivity index (χ0v) is 15.3. The van der Waals surface area contributed by atoms with E-state index in [2.05, 4.69) is 25.3 Å². The maximum Gasteiger partial charge on any atom is 0.417 e. The fraction of sp³-hybridized carbons (Fsp3) is 0.312. The van der Waals surface area contributed by atoms with Gasteiger partial charge < -0.3 is 14.7 Å². The van der Waals surface area contributed by atoms with E-state index in [4.69, 9.17) is 11.6 Å². The number of halogens is 4. The molecule has 2 heterocycles. The number of rotatable bonds is 7. The average Bonchev–Trinajstić information content (AvgIpc) is 2.64. The molecule has 0 aromatic carbocycles. The van der Waals surface area contributed by atoms with Crippen molar-refractivity contribution in [1.82, 2.24) is 14.5 Å². The first-order valence-corrected chi connectivity index (χ1v) is 8.15. The van der Waals surface area contributed by atoms with Crippen LogP contribution >= 0.6 is 11.6 Å². The molecule has 148 valence electrons. The second-order valence-electron chi connectivity index (χ2n) is 5.33. The number of hydrogen-bond donors (Lipinski definition) is 1. The highest BCUT2D eigenvalue weighted by atomic mass is 35.5. The predicted molar refractivity (Wildman–Crippen MR) is 95.2 cm³/mol. The van der Waals surface area contributed by atoms with Crippen molar-refractivity contribution in [2.24, 2.45) is 5.16 Å². The van der Waals surface area contributed by atoms with Crippen molar-refractivity contribution < 1.29 is 18.0 Å². The molecule has 0 bridgehead atoms. The van der Waals surface area contributed by atoms with Gasteiger partial charge in [-0.3, -0.25) is 4.79 Å². The molecular weight excluding hydrogens is 401 g/mol. The van der Waals surface area contributed by atoms with E-state index < -0.39 is 17.3 Å². The Kier molecular flexibility index (Phi) is 6.94. The molecule has 2 aromatic rings. The molecule has 0 unspecified atom stereocenters. The first-order chi connectivity index (χ1) is 13.3. The van der Waals surface area contributed by atoms with E-state index in [0.29, 0.717) is 11.9 Å². The topological polar surface area (TPSA) is 105 Å². The van der Waals surface area contributed by atoms with E-state index in [1.54, 1.807) is 4.57 Å². The number of aromatic nitrogens is 3. The van der Waals surface area contributed by atoms with Gasteiger partial charge in [0.25, 0.3) is 5.56 Å². The molecule has 2 aromatic heterocycles. The molecule has 0 saturated heterocycles. The Morgan fingerprint density at radius 1 is 1.46 bits per heavy atom. The van der Waals surface area contributed by atoms with Crippen LogP contribution in [0.25, 0.3) is 0 Å². The molecule has 0 radical (unpaired) electrons. The third-order valence-electron chi connectivity index (χ3n) is 3.55. The molecule has 1 N–H and O–H groups in total. The van der Waals surface area contributed by atoms with Crippen LogP contribution in [0.4, 0.5) is 19.0 Å². The number of nitrogens with zero attached hydrogens (tertiary/aromatic N) is 5. The summed E-state index contributed by atoms with van der Waals surface area (Å²) >= 11 is 5.84. The van der Waals surface area contributed by atoms with Crippen LogP contribution in [0.3, 0.4) is 0 Å². The molecular formula is C16H14ClF3N6O2. The Morgan fingerprint density at radius 2 is 2.21 bits per heavy atom. The van der Waals surface area contributed by atoms with Crippen LogP contribution < -0.4 is 10.9 Å². The molecule has 12 heteroatoms. The summed E-state index contributed by atoms with van der Waals surface area (Å²) in [5.74, 6) is 0.0756. The van der Waals surface area contributed by atoms with E-state index in [-0.39, 0.29) is 35.9 Å². The normalized spacial score (nSPS) is 11.4. The lowest BCUT2D eigenvalue weighted by Gasteiger charge is -2.14. The standard InChI is InChI=1S/C16H14ClF3N6O2/c1-28-25-3-2-13-11(7-21)15(27)24-9-26(13)5-4-22-14-12(17)6-10(8-23-14)16(18,19)20/h3,6,8-9H,2,4-5H2,1H3,(H,22,23). The lowest BCUT2D eigenvalue weighted by atomic mass is 10.2. The minimum atomic E-state index is -4.54. The molecule has 0 amide bonds. The second-order valence-corrected chi connectivity index (χ2v) is 5.74. The van der Waals surface area contributed by atoms with Crippen LogP contribution in [0, 0.1) is 11.3 Å². The zero-order chi connectivity index (χ0) is 20.7. The monoisotopic (exact) mass is 414 g/mol. The van der Waals surface area contributed by atoms with Gasteiger partial charge in [0.1, 0.15) is 24.6 Å². The van der Waals surface area contributed by atoms with Crippen LogP contribution in [0.1, 0.15) is 16.8 Å². The summed E-state index contributed by atoms with van der Waals surface area (Å²) in [7, 11) is 1.35. The van der Waals surface area contributed by atoms with Crippen LogP contribution in [-0.4, -0.2) is 34.4 Å². The van der Waals surface area contributed by atoms with Gasteiger partial charge in [-0.1, -0.05) is 16.8 Å². The van der Waals surface area contributed by atoms with E-state index >= 15 is 0 Å². The van der Waals surface area contributed by atoms with Crippen LogP contribution in [-0.2, 0) is 24.0 Å². The fourth-order valence-corrected chi connectivity index (χ4v) is 2.50. The second kappa shape index (κ2) is 9.18. The SMILES string of the molecule is CON=CCc1c(C#N)c(=O)ncn1CCNc1ncc(C(F)(F)F)cc1Cl. The van der Waals surface area contributed by atoms with Crippen LogP contribution in [0.2, 0.25) is 5.02 Å². The maximum atomic E-state index is 12.6. The van der Waals surface area contributed by atoms with Gasteiger partial charge in [0.05, 0.1) is 16.9 Å². The Morgan fingerprint density at radius 3 is 2.82 bits per heavy atom. The number of oxime groups is 1. The average molecular weight is 415 g/mol. The summed E-state index contributed by atoms with van der Waals surface area (Å²) in [6.45, 7) is 0.430. The van der Waals surface area contributed by atoms with Gasteiger partial charge in [-0.2, -0.15) is 23.4 Å². The van der Waals surface area contributed by atoms with Gasteiger partial charge >= 0.3 is 6.18 Å². The molecule has 0 aliphatic carbocycles. The summed E-state index contributed by atoms with van der Waals surface area (Å²) in [6, 6.07) is 2.59. The minimum Gasteiger partial charge on any atom is -0.399 e. The molecule has 0 spiro atoms. The largest absolute Gasteiger partial charge is 0.417 e. The van der Waals surface area contributed by atoms with Crippen molar-refractivity contribution in [3.8, 4) is 6.07 Å². The quantitative estimate of drug-likeness (QED) is 0.551. The van der Waals surface area contributed by atoms with Crippen molar-refractivity contribution >= 4 is 23.6 Å². The van der Waals surface area contributed by atoms with Crippen LogP contribution in [0.15, 0.2) is 28.5 Å². The summed E-state index contributed by atoms with van der Waals surface area (Å²) in [5, 5.41) is 15.4. The number of nitrogens with one attached hydrogen (secondary N) is 1. The number of nitriles is 1. The number of alkyl halides is 3.